The molecule has 0 atom stereocenters. The molecule has 0 saturated carbocycles. The molecule has 3 aromatic carbocycles. The number of hydrogen-bond acceptors (Lipinski definition) is 5. The number of imidazole rings is 1. The van der Waals surface area contributed by atoms with E-state index in [4.69, 9.17) is 4.98 Å². The maximum Gasteiger partial charge on any atom is 0.206 e. The quantitative estimate of drug-likeness (QED) is 0.412. The van der Waals surface area contributed by atoms with Crippen molar-refractivity contribution in [2.75, 3.05) is 0 Å². The normalized spacial score (nSPS) is 11.6. The highest BCUT2D eigenvalue weighted by Gasteiger charge is 2.19. The number of fused-ring (bicyclic) bond motifs is 4. The van der Waals surface area contributed by atoms with E-state index in [-0.39, 0.29) is 0 Å². The molecule has 28 heavy (non-hydrogen) atoms. The molecule has 0 aliphatic rings. The molecule has 3 aromatic heterocycles. The van der Waals surface area contributed by atoms with Crippen LogP contribution in [0.15, 0.2) is 79.1 Å². The van der Waals surface area contributed by atoms with Gasteiger partial charge in [-0.25, -0.2) is 9.97 Å². The molecule has 0 unspecified atom stereocenters. The van der Waals surface area contributed by atoms with Crippen molar-refractivity contribution >= 4 is 42.8 Å². The molecule has 6 rings (SSSR count). The van der Waals surface area contributed by atoms with Crippen LogP contribution in [-0.2, 0) is 0 Å². The molecule has 0 aliphatic carbocycles. The minimum absolute atomic E-state index is 0.590. The summed E-state index contributed by atoms with van der Waals surface area (Å²) in [5.74, 6) is 0.825. The Morgan fingerprint density at radius 1 is 0.786 bits per heavy atom. The van der Waals surface area contributed by atoms with Crippen molar-refractivity contribution < 1.29 is 0 Å². The Labute approximate surface area is 163 Å². The monoisotopic (exact) mass is 379 g/mol. The van der Waals surface area contributed by atoms with Crippen molar-refractivity contribution in [3.63, 3.8) is 0 Å². The topological polar surface area (TPSA) is 56.5 Å². The van der Waals surface area contributed by atoms with Crippen LogP contribution < -0.4 is 0 Å². The van der Waals surface area contributed by atoms with Gasteiger partial charge in [-0.05, 0) is 24.3 Å². The lowest BCUT2D eigenvalue weighted by Crippen LogP contribution is -1.99. The average Bonchev–Trinajstić information content (AvgIpc) is 3.33. The van der Waals surface area contributed by atoms with Crippen LogP contribution >= 0.6 is 11.3 Å². The third-order valence-electron chi connectivity index (χ3n) is 4.88. The lowest BCUT2D eigenvalue weighted by atomic mass is 10.1. The van der Waals surface area contributed by atoms with Gasteiger partial charge in [0.05, 0.1) is 0 Å². The van der Waals surface area contributed by atoms with E-state index in [0.717, 1.165) is 17.1 Å². The van der Waals surface area contributed by atoms with Crippen molar-refractivity contribution in [3.8, 4) is 17.1 Å². The summed E-state index contributed by atoms with van der Waals surface area (Å²) in [7, 11) is 0. The van der Waals surface area contributed by atoms with Gasteiger partial charge in [-0.3, -0.25) is 4.57 Å². The Morgan fingerprint density at radius 2 is 1.61 bits per heavy atom. The summed E-state index contributed by atoms with van der Waals surface area (Å²) in [6, 6.07) is 25.0. The summed E-state index contributed by atoms with van der Waals surface area (Å²) in [5, 5.41) is 10.8. The highest BCUT2D eigenvalue weighted by molar-refractivity contribution is 7.26. The number of hydrogen-bond donors (Lipinski definition) is 0. The van der Waals surface area contributed by atoms with Gasteiger partial charge in [-0.15, -0.1) is 21.5 Å². The molecule has 0 aliphatic heterocycles. The predicted octanol–water partition coefficient (Wildman–Crippen LogP) is 5.25. The van der Waals surface area contributed by atoms with E-state index < -0.39 is 0 Å². The van der Waals surface area contributed by atoms with Crippen LogP contribution in [0.4, 0.5) is 0 Å². The molecule has 6 aromatic rings. The lowest BCUT2D eigenvalue weighted by Gasteiger charge is -2.09. The van der Waals surface area contributed by atoms with Crippen LogP contribution in [0.3, 0.4) is 0 Å². The number of thiophene rings is 1. The second kappa shape index (κ2) is 5.94. The van der Waals surface area contributed by atoms with Crippen LogP contribution in [0.1, 0.15) is 0 Å². The van der Waals surface area contributed by atoms with Crippen molar-refractivity contribution in [2.45, 2.75) is 0 Å². The molecule has 0 N–H and O–H groups in total. The molecular formula is C22H13N5S. The number of benzene rings is 3. The van der Waals surface area contributed by atoms with E-state index in [1.54, 1.807) is 11.3 Å². The molecule has 0 saturated heterocycles. The van der Waals surface area contributed by atoms with Crippen molar-refractivity contribution in [3.05, 3.63) is 79.1 Å². The van der Waals surface area contributed by atoms with Crippen molar-refractivity contribution in [1.29, 1.82) is 0 Å². The van der Waals surface area contributed by atoms with E-state index in [1.165, 1.54) is 26.5 Å². The van der Waals surface area contributed by atoms with Crippen LogP contribution in [0.25, 0.3) is 48.5 Å². The fraction of sp³-hybridized carbons (Fsp3) is 0. The van der Waals surface area contributed by atoms with E-state index in [9.17, 15) is 0 Å². The first-order chi connectivity index (χ1) is 13.9. The van der Waals surface area contributed by atoms with E-state index in [2.05, 4.69) is 57.6 Å². The highest BCUT2D eigenvalue weighted by Crippen LogP contribution is 2.40. The van der Waals surface area contributed by atoms with Crippen LogP contribution in [0.5, 0.6) is 0 Å². The number of rotatable bonds is 2. The first kappa shape index (κ1) is 15.4. The molecule has 0 bridgehead atoms. The molecule has 0 spiro atoms. The van der Waals surface area contributed by atoms with Gasteiger partial charge in [0, 0.05) is 31.4 Å². The maximum atomic E-state index is 4.84. The smallest absolute Gasteiger partial charge is 0.206 e. The van der Waals surface area contributed by atoms with Crippen molar-refractivity contribution in [1.82, 2.24) is 24.7 Å². The summed E-state index contributed by atoms with van der Waals surface area (Å²) in [5.41, 5.74) is 3.30. The van der Waals surface area contributed by atoms with Gasteiger partial charge in [0.2, 0.25) is 11.3 Å². The fourth-order valence-electron chi connectivity index (χ4n) is 3.66. The summed E-state index contributed by atoms with van der Waals surface area (Å²) in [6.07, 6.45) is 1.44. The van der Waals surface area contributed by atoms with Gasteiger partial charge in [-0.1, -0.05) is 48.5 Å². The first-order valence-corrected chi connectivity index (χ1v) is 9.74. The third kappa shape index (κ3) is 2.18. The molecular weight excluding hydrogens is 366 g/mol. The predicted molar refractivity (Wildman–Crippen MR) is 113 cm³/mol. The first-order valence-electron chi connectivity index (χ1n) is 8.92. The van der Waals surface area contributed by atoms with Gasteiger partial charge in [-0.2, -0.15) is 0 Å². The molecule has 0 fully saturated rings. The number of aromatic nitrogens is 5. The summed E-state index contributed by atoms with van der Waals surface area (Å²) < 4.78 is 4.52. The second-order valence-corrected chi connectivity index (χ2v) is 7.55. The fourth-order valence-corrected chi connectivity index (χ4v) is 4.87. The van der Waals surface area contributed by atoms with Gasteiger partial charge in [0.1, 0.15) is 12.2 Å². The van der Waals surface area contributed by atoms with Gasteiger partial charge in [0.25, 0.3) is 0 Å². The zero-order chi connectivity index (χ0) is 18.5. The summed E-state index contributed by atoms with van der Waals surface area (Å²) in [6.45, 7) is 0. The Hall–Kier alpha value is -3.64. The van der Waals surface area contributed by atoms with Crippen LogP contribution in [0.2, 0.25) is 0 Å². The summed E-state index contributed by atoms with van der Waals surface area (Å²) >= 11 is 1.79. The Morgan fingerprint density at radius 3 is 2.54 bits per heavy atom. The average molecular weight is 379 g/mol. The Bertz CT molecular complexity index is 1470. The van der Waals surface area contributed by atoms with Gasteiger partial charge < -0.3 is 0 Å². The van der Waals surface area contributed by atoms with Crippen LogP contribution in [-0.4, -0.2) is 24.7 Å². The van der Waals surface area contributed by atoms with Crippen LogP contribution in [0, 0.1) is 0 Å². The minimum Gasteiger partial charge on any atom is -0.274 e. The largest absolute Gasteiger partial charge is 0.274 e. The van der Waals surface area contributed by atoms with E-state index in [1.807, 2.05) is 34.9 Å². The molecule has 132 valence electrons. The molecule has 6 heteroatoms. The SMILES string of the molecule is c1ccc(-n2c(-c3cccc4c3sc3ccccc34)nc3ncnnc32)cc1. The second-order valence-electron chi connectivity index (χ2n) is 6.49. The lowest BCUT2D eigenvalue weighted by molar-refractivity contribution is 0.977. The number of nitrogens with zero attached hydrogens (tertiary/aromatic N) is 5. The van der Waals surface area contributed by atoms with Crippen molar-refractivity contribution in [2.24, 2.45) is 0 Å². The van der Waals surface area contributed by atoms with E-state index >= 15 is 0 Å². The molecule has 5 nitrogen and oxygen atoms in total. The molecule has 0 amide bonds. The van der Waals surface area contributed by atoms with Gasteiger partial charge in [0.15, 0.2) is 0 Å². The van der Waals surface area contributed by atoms with Gasteiger partial charge >= 0.3 is 0 Å². The third-order valence-corrected chi connectivity index (χ3v) is 6.10. The summed E-state index contributed by atoms with van der Waals surface area (Å²) in [4.78, 5) is 9.17. The minimum atomic E-state index is 0.590. The standard InChI is InChI=1S/C22H13N5S/c1-2-7-14(8-3-1)27-21(25-20-22(27)26-24-13-23-20)17-11-6-10-16-15-9-4-5-12-18(15)28-19(16)17/h1-13H. The zero-order valence-corrected chi connectivity index (χ0v) is 15.5. The molecule has 0 radical (unpaired) electrons. The Balaban J connectivity index is 1.74. The van der Waals surface area contributed by atoms with E-state index in [0.29, 0.717) is 11.3 Å². The zero-order valence-electron chi connectivity index (χ0n) is 14.6. The maximum absolute atomic E-state index is 4.84. The Kier molecular flexibility index (Phi) is 3.27. The number of para-hydroxylation sites is 1. The highest BCUT2D eigenvalue weighted by atomic mass is 32.1. The molecule has 3 heterocycles.